The number of nitrogens with zero attached hydrogens (tertiary/aromatic N) is 3. The van der Waals surface area contributed by atoms with Crippen LogP contribution in [0, 0.1) is 22.7 Å². The molecule has 66 valence electrons. The number of hydrogen-bond donors (Lipinski definition) is 1. The Hall–Kier alpha value is -1.81. The van der Waals surface area contributed by atoms with Crippen molar-refractivity contribution >= 4 is 0 Å². The summed E-state index contributed by atoms with van der Waals surface area (Å²) in [5.74, 6) is 0.667. The van der Waals surface area contributed by atoms with Crippen molar-refractivity contribution in [3.63, 3.8) is 0 Å². The van der Waals surface area contributed by atoms with Gasteiger partial charge in [-0.1, -0.05) is 20.8 Å². The van der Waals surface area contributed by atoms with E-state index < -0.39 is 0 Å². The molecule has 0 aliphatic carbocycles. The maximum absolute atomic E-state index is 8.66. The molecule has 4 heteroatoms. The molecule has 0 radical (unpaired) electrons. The molecule has 1 aromatic rings. The Balaban J connectivity index is 3.26. The second kappa shape index (κ2) is 2.91. The predicted octanol–water partition coefficient (Wildman–Crippen LogP) is 1.45. The normalized spacial score (nSPS) is 10.5. The summed E-state index contributed by atoms with van der Waals surface area (Å²) in [4.78, 5) is 6.86. The van der Waals surface area contributed by atoms with Crippen LogP contribution in [0.15, 0.2) is 0 Å². The standard InChI is InChI=1S/C9H10N4/c1-9(2,3)8-12-6(4-10)7(5-11)13-8/h1-3H3,(H,12,13). The lowest BCUT2D eigenvalue weighted by Gasteiger charge is -2.13. The average molecular weight is 174 g/mol. The second-order valence-electron chi connectivity index (χ2n) is 3.78. The van der Waals surface area contributed by atoms with Gasteiger partial charge in [-0.3, -0.25) is 0 Å². The van der Waals surface area contributed by atoms with Gasteiger partial charge in [0.15, 0.2) is 11.4 Å². The van der Waals surface area contributed by atoms with Gasteiger partial charge in [-0.2, -0.15) is 10.5 Å². The van der Waals surface area contributed by atoms with Gasteiger partial charge in [0.1, 0.15) is 18.0 Å². The van der Waals surface area contributed by atoms with Crippen molar-refractivity contribution in [3.8, 4) is 12.1 Å². The molecule has 4 nitrogen and oxygen atoms in total. The molecular weight excluding hydrogens is 164 g/mol. The van der Waals surface area contributed by atoms with Gasteiger partial charge in [0.2, 0.25) is 0 Å². The lowest BCUT2D eigenvalue weighted by Crippen LogP contribution is -2.13. The highest BCUT2D eigenvalue weighted by atomic mass is 15.0. The second-order valence-corrected chi connectivity index (χ2v) is 3.78. The molecule has 0 amide bonds. The third-order valence-corrected chi connectivity index (χ3v) is 1.63. The molecule has 1 heterocycles. The molecule has 0 aliphatic rings. The Morgan fingerprint density at radius 2 is 1.85 bits per heavy atom. The fourth-order valence-corrected chi connectivity index (χ4v) is 0.890. The zero-order valence-corrected chi connectivity index (χ0v) is 7.84. The van der Waals surface area contributed by atoms with Gasteiger partial charge in [0.05, 0.1) is 0 Å². The quantitative estimate of drug-likeness (QED) is 0.646. The SMILES string of the molecule is CC(C)(C)c1nc(C#N)c(C#N)[nH]1. The summed E-state index contributed by atoms with van der Waals surface area (Å²) < 4.78 is 0. The Morgan fingerprint density at radius 3 is 2.15 bits per heavy atom. The van der Waals surface area contributed by atoms with Crippen molar-refractivity contribution in [1.82, 2.24) is 9.97 Å². The lowest BCUT2D eigenvalue weighted by atomic mass is 9.96. The van der Waals surface area contributed by atoms with Crippen LogP contribution >= 0.6 is 0 Å². The molecule has 0 saturated heterocycles. The molecule has 13 heavy (non-hydrogen) atoms. The van der Waals surface area contributed by atoms with Crippen LogP contribution in [0.25, 0.3) is 0 Å². The van der Waals surface area contributed by atoms with Crippen LogP contribution < -0.4 is 0 Å². The minimum Gasteiger partial charge on any atom is -0.332 e. The maximum Gasteiger partial charge on any atom is 0.176 e. The highest BCUT2D eigenvalue weighted by molar-refractivity contribution is 5.37. The van der Waals surface area contributed by atoms with Crippen LogP contribution in [0.2, 0.25) is 0 Å². The minimum atomic E-state index is -0.166. The number of nitrogens with one attached hydrogen (secondary N) is 1. The molecule has 0 unspecified atom stereocenters. The van der Waals surface area contributed by atoms with Gasteiger partial charge in [-0.15, -0.1) is 0 Å². The summed E-state index contributed by atoms with van der Waals surface area (Å²) in [5.41, 5.74) is 0.251. The zero-order chi connectivity index (χ0) is 10.1. The first kappa shape index (κ1) is 9.28. The summed E-state index contributed by atoms with van der Waals surface area (Å²) in [6.07, 6.45) is 0. The number of rotatable bonds is 0. The van der Waals surface area contributed by atoms with E-state index in [1.54, 1.807) is 0 Å². The fourth-order valence-electron chi connectivity index (χ4n) is 0.890. The van der Waals surface area contributed by atoms with Crippen molar-refractivity contribution in [2.24, 2.45) is 0 Å². The molecule has 1 N–H and O–H groups in total. The van der Waals surface area contributed by atoms with Gasteiger partial charge >= 0.3 is 0 Å². The van der Waals surface area contributed by atoms with Gasteiger partial charge in [0, 0.05) is 5.41 Å². The number of H-pyrrole nitrogens is 1. The molecule has 0 atom stereocenters. The van der Waals surface area contributed by atoms with E-state index >= 15 is 0 Å². The van der Waals surface area contributed by atoms with Crippen LogP contribution in [-0.2, 0) is 5.41 Å². The first-order valence-corrected chi connectivity index (χ1v) is 3.89. The van der Waals surface area contributed by atoms with E-state index in [1.165, 1.54) is 0 Å². The van der Waals surface area contributed by atoms with E-state index in [9.17, 15) is 0 Å². The monoisotopic (exact) mass is 174 g/mol. The van der Waals surface area contributed by atoms with Crippen LogP contribution in [0.5, 0.6) is 0 Å². The maximum atomic E-state index is 8.66. The molecule has 1 aromatic heterocycles. The minimum absolute atomic E-state index is 0.166. The van der Waals surface area contributed by atoms with Crippen molar-refractivity contribution in [2.75, 3.05) is 0 Å². The number of imidazole rings is 1. The topological polar surface area (TPSA) is 76.3 Å². The summed E-state index contributed by atoms with van der Waals surface area (Å²) in [7, 11) is 0. The highest BCUT2D eigenvalue weighted by Crippen LogP contribution is 2.19. The van der Waals surface area contributed by atoms with Gasteiger partial charge in [0.25, 0.3) is 0 Å². The van der Waals surface area contributed by atoms with E-state index in [1.807, 2.05) is 32.9 Å². The summed E-state index contributed by atoms with van der Waals surface area (Å²) >= 11 is 0. The molecule has 1 rings (SSSR count). The molecular formula is C9H10N4. The van der Waals surface area contributed by atoms with Gasteiger partial charge in [-0.25, -0.2) is 4.98 Å². The van der Waals surface area contributed by atoms with E-state index in [0.29, 0.717) is 5.82 Å². The van der Waals surface area contributed by atoms with Crippen molar-refractivity contribution in [2.45, 2.75) is 26.2 Å². The summed E-state index contributed by atoms with van der Waals surface area (Å²) in [5, 5.41) is 17.3. The van der Waals surface area contributed by atoms with Crippen molar-refractivity contribution < 1.29 is 0 Å². The Labute approximate surface area is 76.8 Å². The molecule has 0 aromatic carbocycles. The van der Waals surface area contributed by atoms with E-state index in [2.05, 4.69) is 9.97 Å². The molecule has 0 spiro atoms. The number of aromatic nitrogens is 2. The van der Waals surface area contributed by atoms with Crippen LogP contribution in [0.4, 0.5) is 0 Å². The third-order valence-electron chi connectivity index (χ3n) is 1.63. The lowest BCUT2D eigenvalue weighted by molar-refractivity contribution is 0.552. The highest BCUT2D eigenvalue weighted by Gasteiger charge is 2.20. The van der Waals surface area contributed by atoms with Gasteiger partial charge < -0.3 is 4.98 Å². The third kappa shape index (κ3) is 1.68. The summed E-state index contributed by atoms with van der Waals surface area (Å²) in [6.45, 7) is 5.90. The number of nitriles is 2. The zero-order valence-electron chi connectivity index (χ0n) is 7.84. The number of hydrogen-bond acceptors (Lipinski definition) is 3. The van der Waals surface area contributed by atoms with E-state index in [-0.39, 0.29) is 16.8 Å². The Bertz CT molecular complexity index is 363. The largest absolute Gasteiger partial charge is 0.332 e. The molecule has 0 aliphatic heterocycles. The van der Waals surface area contributed by atoms with Crippen LogP contribution in [0.3, 0.4) is 0 Å². The van der Waals surface area contributed by atoms with Crippen molar-refractivity contribution in [1.29, 1.82) is 10.5 Å². The molecule has 0 bridgehead atoms. The first-order valence-electron chi connectivity index (χ1n) is 3.89. The van der Waals surface area contributed by atoms with Gasteiger partial charge in [-0.05, 0) is 0 Å². The van der Waals surface area contributed by atoms with Crippen LogP contribution in [-0.4, -0.2) is 9.97 Å². The summed E-state index contributed by atoms with van der Waals surface area (Å²) in [6, 6.07) is 3.77. The van der Waals surface area contributed by atoms with Crippen molar-refractivity contribution in [3.05, 3.63) is 17.2 Å². The van der Waals surface area contributed by atoms with E-state index in [4.69, 9.17) is 10.5 Å². The Kier molecular flexibility index (Phi) is 2.08. The molecule has 0 saturated carbocycles. The number of aromatic amines is 1. The predicted molar refractivity (Wildman–Crippen MR) is 46.7 cm³/mol. The Morgan fingerprint density at radius 1 is 1.23 bits per heavy atom. The fraction of sp³-hybridized carbons (Fsp3) is 0.444. The molecule has 0 fully saturated rings. The smallest absolute Gasteiger partial charge is 0.176 e. The van der Waals surface area contributed by atoms with E-state index in [0.717, 1.165) is 0 Å². The average Bonchev–Trinajstić information content (AvgIpc) is 2.45. The first-order chi connectivity index (χ1) is 5.99. The van der Waals surface area contributed by atoms with Crippen LogP contribution in [0.1, 0.15) is 38.0 Å².